The Labute approximate surface area is 162 Å². The molecule has 1 aromatic carbocycles. The number of likely N-dealkylation sites (tertiary alicyclic amines) is 1. The highest BCUT2D eigenvalue weighted by molar-refractivity contribution is 7.09. The van der Waals surface area contributed by atoms with Crippen LogP contribution in [0.1, 0.15) is 45.1 Å². The summed E-state index contributed by atoms with van der Waals surface area (Å²) >= 11 is 1.49. The van der Waals surface area contributed by atoms with Crippen molar-refractivity contribution >= 4 is 23.2 Å². The van der Waals surface area contributed by atoms with Crippen LogP contribution >= 0.6 is 11.3 Å². The molecule has 3 heterocycles. The van der Waals surface area contributed by atoms with Crippen molar-refractivity contribution in [1.29, 1.82) is 0 Å². The van der Waals surface area contributed by atoms with E-state index in [4.69, 9.17) is 4.74 Å². The minimum absolute atomic E-state index is 0.0322. The van der Waals surface area contributed by atoms with Crippen molar-refractivity contribution in [3.8, 4) is 0 Å². The van der Waals surface area contributed by atoms with Gasteiger partial charge >= 0.3 is 0 Å². The van der Waals surface area contributed by atoms with Crippen LogP contribution < -0.4 is 5.32 Å². The van der Waals surface area contributed by atoms with Crippen molar-refractivity contribution in [2.24, 2.45) is 0 Å². The highest BCUT2D eigenvalue weighted by Gasteiger charge is 2.45. The van der Waals surface area contributed by atoms with E-state index in [1.165, 1.54) is 11.3 Å². The molecule has 0 saturated carbocycles. The predicted octanol–water partition coefficient (Wildman–Crippen LogP) is 2.65. The number of hydrogen-bond donors (Lipinski definition) is 1. The van der Waals surface area contributed by atoms with Gasteiger partial charge in [0.2, 0.25) is 0 Å². The molecular formula is C20H23N3O3S. The second kappa shape index (κ2) is 7.40. The second-order valence-corrected chi connectivity index (χ2v) is 8.35. The third-order valence-electron chi connectivity index (χ3n) is 5.31. The van der Waals surface area contributed by atoms with Crippen molar-refractivity contribution in [2.75, 3.05) is 19.7 Å². The van der Waals surface area contributed by atoms with E-state index in [2.05, 4.69) is 10.3 Å². The van der Waals surface area contributed by atoms with Gasteiger partial charge in [0.05, 0.1) is 17.2 Å². The molecule has 0 aliphatic carbocycles. The molecule has 0 unspecified atom stereocenters. The second-order valence-electron chi connectivity index (χ2n) is 7.29. The molecule has 27 heavy (non-hydrogen) atoms. The van der Waals surface area contributed by atoms with Gasteiger partial charge in [-0.25, -0.2) is 4.98 Å². The number of benzene rings is 1. The van der Waals surface area contributed by atoms with Crippen LogP contribution in [-0.4, -0.2) is 53.0 Å². The van der Waals surface area contributed by atoms with Gasteiger partial charge in [-0.3, -0.25) is 9.59 Å². The molecule has 2 aromatic rings. The number of rotatable bonds is 3. The normalized spacial score (nSPS) is 24.9. The monoisotopic (exact) mass is 385 g/mol. The quantitative estimate of drug-likeness (QED) is 0.882. The smallest absolute Gasteiger partial charge is 0.273 e. The Bertz CT molecular complexity index is 838. The van der Waals surface area contributed by atoms with Gasteiger partial charge in [-0.05, 0) is 38.3 Å². The molecule has 6 nitrogen and oxygen atoms in total. The lowest BCUT2D eigenvalue weighted by Crippen LogP contribution is -2.50. The molecule has 1 aromatic heterocycles. The van der Waals surface area contributed by atoms with E-state index in [9.17, 15) is 9.59 Å². The van der Waals surface area contributed by atoms with Crippen molar-refractivity contribution in [1.82, 2.24) is 15.2 Å². The summed E-state index contributed by atoms with van der Waals surface area (Å²) in [6.07, 6.45) is 2.31. The van der Waals surface area contributed by atoms with Crippen molar-refractivity contribution < 1.29 is 14.3 Å². The first kappa shape index (κ1) is 18.1. The number of nitrogens with zero attached hydrogens (tertiary/aromatic N) is 2. The number of ether oxygens (including phenoxy) is 1. The molecular weight excluding hydrogens is 362 g/mol. The maximum Gasteiger partial charge on any atom is 0.273 e. The van der Waals surface area contributed by atoms with E-state index in [0.717, 1.165) is 24.3 Å². The van der Waals surface area contributed by atoms with Crippen molar-refractivity contribution in [3.05, 3.63) is 52.0 Å². The molecule has 2 aliphatic heterocycles. The standard InChI is InChI=1S/C20H23N3O3S/c1-14-21-17(12-27-14)19(25)23-9-8-20(13-23)11-16(7-10-26-20)22-18(24)15-5-3-2-4-6-15/h2-6,12,16H,7-11,13H2,1H3,(H,22,24)/t16-,20-/m1/s1. The lowest BCUT2D eigenvalue weighted by atomic mass is 9.89. The Kier molecular flexibility index (Phi) is 4.97. The van der Waals surface area contributed by atoms with Gasteiger partial charge < -0.3 is 15.0 Å². The largest absolute Gasteiger partial charge is 0.373 e. The zero-order valence-corrected chi connectivity index (χ0v) is 16.1. The fraction of sp³-hybridized carbons (Fsp3) is 0.450. The van der Waals surface area contributed by atoms with Gasteiger partial charge in [0.15, 0.2) is 0 Å². The molecule has 2 saturated heterocycles. The van der Waals surface area contributed by atoms with Gasteiger partial charge in [-0.15, -0.1) is 11.3 Å². The van der Waals surface area contributed by atoms with Crippen molar-refractivity contribution in [2.45, 2.75) is 37.8 Å². The van der Waals surface area contributed by atoms with Crippen LogP contribution in [0.5, 0.6) is 0 Å². The first-order valence-electron chi connectivity index (χ1n) is 9.26. The highest BCUT2D eigenvalue weighted by Crippen LogP contribution is 2.35. The zero-order chi connectivity index (χ0) is 18.9. The number of aromatic nitrogens is 1. The first-order chi connectivity index (χ1) is 13.0. The van der Waals surface area contributed by atoms with E-state index in [1.54, 1.807) is 0 Å². The third-order valence-corrected chi connectivity index (χ3v) is 6.08. The lowest BCUT2D eigenvalue weighted by molar-refractivity contribution is -0.0777. The van der Waals surface area contributed by atoms with Gasteiger partial charge in [-0.1, -0.05) is 18.2 Å². The third kappa shape index (κ3) is 3.89. The summed E-state index contributed by atoms with van der Waals surface area (Å²) in [5, 5.41) is 5.84. The minimum Gasteiger partial charge on any atom is -0.373 e. The number of carbonyl (C=O) groups excluding carboxylic acids is 2. The maximum atomic E-state index is 12.7. The minimum atomic E-state index is -0.367. The summed E-state index contributed by atoms with van der Waals surface area (Å²) in [5.41, 5.74) is 0.813. The Morgan fingerprint density at radius 3 is 2.89 bits per heavy atom. The Morgan fingerprint density at radius 1 is 1.33 bits per heavy atom. The molecule has 2 fully saturated rings. The van der Waals surface area contributed by atoms with Crippen LogP contribution in [0.15, 0.2) is 35.7 Å². The van der Waals surface area contributed by atoms with Crippen LogP contribution in [0, 0.1) is 6.92 Å². The van der Waals surface area contributed by atoms with E-state index in [-0.39, 0.29) is 23.5 Å². The van der Waals surface area contributed by atoms with Crippen LogP contribution in [0.4, 0.5) is 0 Å². The summed E-state index contributed by atoms with van der Waals surface area (Å²) in [4.78, 5) is 31.3. The topological polar surface area (TPSA) is 71.5 Å². The average Bonchev–Trinajstić information content (AvgIpc) is 3.29. The van der Waals surface area contributed by atoms with E-state index in [0.29, 0.717) is 31.0 Å². The van der Waals surface area contributed by atoms with E-state index < -0.39 is 0 Å². The SMILES string of the molecule is Cc1nc(C(=O)N2CC[C@@]3(C[C@H](NC(=O)c4ccccc4)CCO3)C2)cs1. The molecule has 0 bridgehead atoms. The van der Waals surface area contributed by atoms with Gasteiger partial charge in [-0.2, -0.15) is 0 Å². The average molecular weight is 385 g/mol. The van der Waals surface area contributed by atoms with Crippen LogP contribution in [0.2, 0.25) is 0 Å². The summed E-state index contributed by atoms with van der Waals surface area (Å²) in [6, 6.07) is 9.31. The Hall–Kier alpha value is -2.25. The van der Waals surface area contributed by atoms with Crippen LogP contribution in [0.25, 0.3) is 0 Å². The molecule has 2 amide bonds. The van der Waals surface area contributed by atoms with Gasteiger partial charge in [0, 0.05) is 30.1 Å². The van der Waals surface area contributed by atoms with Gasteiger partial charge in [0.1, 0.15) is 5.69 Å². The highest BCUT2D eigenvalue weighted by atomic mass is 32.1. The number of carbonyl (C=O) groups is 2. The Morgan fingerprint density at radius 2 is 2.15 bits per heavy atom. The molecule has 142 valence electrons. The number of aryl methyl sites for hydroxylation is 1. The molecule has 4 rings (SSSR count). The summed E-state index contributed by atoms with van der Waals surface area (Å²) in [7, 11) is 0. The summed E-state index contributed by atoms with van der Waals surface area (Å²) < 4.78 is 6.10. The molecule has 1 N–H and O–H groups in total. The predicted molar refractivity (Wildman–Crippen MR) is 103 cm³/mol. The summed E-state index contributed by atoms with van der Waals surface area (Å²) in [6.45, 7) is 3.71. The number of thiazole rings is 1. The van der Waals surface area contributed by atoms with E-state index >= 15 is 0 Å². The fourth-order valence-electron chi connectivity index (χ4n) is 3.94. The molecule has 1 spiro atoms. The van der Waals surface area contributed by atoms with Crippen LogP contribution in [0.3, 0.4) is 0 Å². The van der Waals surface area contributed by atoms with Crippen LogP contribution in [-0.2, 0) is 4.74 Å². The Balaban J connectivity index is 1.39. The maximum absolute atomic E-state index is 12.7. The molecule has 2 aliphatic rings. The number of amides is 2. The molecule has 7 heteroatoms. The molecule has 0 radical (unpaired) electrons. The number of hydrogen-bond acceptors (Lipinski definition) is 5. The fourth-order valence-corrected chi connectivity index (χ4v) is 4.52. The number of nitrogens with one attached hydrogen (secondary N) is 1. The lowest BCUT2D eigenvalue weighted by Gasteiger charge is -2.38. The molecule has 2 atom stereocenters. The zero-order valence-electron chi connectivity index (χ0n) is 15.3. The first-order valence-corrected chi connectivity index (χ1v) is 10.1. The van der Waals surface area contributed by atoms with E-state index in [1.807, 2.05) is 47.5 Å². The summed E-state index contributed by atoms with van der Waals surface area (Å²) in [5.74, 6) is -0.0863. The van der Waals surface area contributed by atoms with Crippen molar-refractivity contribution in [3.63, 3.8) is 0 Å². The van der Waals surface area contributed by atoms with Gasteiger partial charge in [0.25, 0.3) is 11.8 Å².